The number of nitrogens with zero attached hydrogens (tertiary/aromatic N) is 1. The predicted molar refractivity (Wildman–Crippen MR) is 112 cm³/mol. The summed E-state index contributed by atoms with van der Waals surface area (Å²) >= 11 is 0. The Morgan fingerprint density at radius 1 is 0.929 bits per heavy atom. The number of anilines is 2. The van der Waals surface area contributed by atoms with Crippen LogP contribution in [0.3, 0.4) is 0 Å². The van der Waals surface area contributed by atoms with Gasteiger partial charge in [-0.1, -0.05) is 55.5 Å². The largest absolute Gasteiger partial charge is 0.324 e. The average Bonchev–Trinajstić information content (AvgIpc) is 3.14. The van der Waals surface area contributed by atoms with Gasteiger partial charge in [-0.05, 0) is 47.9 Å². The molecule has 1 N–H and O–H groups in total. The van der Waals surface area contributed by atoms with E-state index in [1.54, 1.807) is 17.0 Å². The Morgan fingerprint density at radius 3 is 2.32 bits per heavy atom. The number of hydrogen-bond acceptors (Lipinski definition) is 2. The lowest BCUT2D eigenvalue weighted by atomic mass is 10.1. The monoisotopic (exact) mass is 370 g/mol. The minimum atomic E-state index is -0.573. The summed E-state index contributed by atoms with van der Waals surface area (Å²) in [6.07, 6.45) is 1.46. The van der Waals surface area contributed by atoms with Crippen LogP contribution in [-0.4, -0.2) is 17.9 Å². The molecule has 0 bridgehead atoms. The summed E-state index contributed by atoms with van der Waals surface area (Å²) in [7, 11) is 0. The molecule has 0 saturated carbocycles. The van der Waals surface area contributed by atoms with Gasteiger partial charge in [0, 0.05) is 23.4 Å². The highest BCUT2D eigenvalue weighted by Gasteiger charge is 2.38. The van der Waals surface area contributed by atoms with Crippen LogP contribution in [0.4, 0.5) is 11.4 Å². The Balaban J connectivity index is 1.63. The van der Waals surface area contributed by atoms with E-state index in [4.69, 9.17) is 0 Å². The van der Waals surface area contributed by atoms with Crippen molar-refractivity contribution in [3.8, 4) is 0 Å². The highest BCUT2D eigenvalue weighted by molar-refractivity contribution is 6.13. The maximum Gasteiger partial charge on any atom is 0.259 e. The molecule has 0 saturated heterocycles. The van der Waals surface area contributed by atoms with Gasteiger partial charge in [0.25, 0.3) is 5.91 Å². The first kappa shape index (κ1) is 18.0. The predicted octanol–water partition coefficient (Wildman–Crippen LogP) is 4.46. The zero-order valence-corrected chi connectivity index (χ0v) is 15.8. The van der Waals surface area contributed by atoms with Crippen LogP contribution in [0, 0.1) is 0 Å². The zero-order valence-electron chi connectivity index (χ0n) is 15.8. The number of carbonyl (C=O) groups excluding carboxylic acids is 2. The van der Waals surface area contributed by atoms with Crippen molar-refractivity contribution >= 4 is 23.2 Å². The zero-order chi connectivity index (χ0) is 19.5. The van der Waals surface area contributed by atoms with E-state index >= 15 is 0 Å². The van der Waals surface area contributed by atoms with Crippen LogP contribution in [-0.2, 0) is 17.6 Å². The summed E-state index contributed by atoms with van der Waals surface area (Å²) in [6, 6.07) is 24.1. The van der Waals surface area contributed by atoms with Crippen molar-refractivity contribution in [2.75, 3.05) is 10.2 Å². The molecule has 140 valence electrons. The van der Waals surface area contributed by atoms with Gasteiger partial charge in [-0.3, -0.25) is 14.5 Å². The van der Waals surface area contributed by atoms with Crippen molar-refractivity contribution in [1.82, 2.24) is 0 Å². The van der Waals surface area contributed by atoms with Crippen LogP contribution in [0.1, 0.15) is 28.4 Å². The molecule has 4 heteroatoms. The van der Waals surface area contributed by atoms with Gasteiger partial charge in [-0.15, -0.1) is 0 Å². The van der Waals surface area contributed by atoms with Gasteiger partial charge in [0.1, 0.15) is 6.04 Å². The van der Waals surface area contributed by atoms with Gasteiger partial charge in [0.15, 0.2) is 0 Å². The molecule has 0 fully saturated rings. The molecule has 0 aromatic heterocycles. The van der Waals surface area contributed by atoms with Crippen molar-refractivity contribution in [2.45, 2.75) is 25.8 Å². The molecule has 4 rings (SSSR count). The fourth-order valence-electron chi connectivity index (χ4n) is 3.62. The van der Waals surface area contributed by atoms with E-state index < -0.39 is 6.04 Å². The third kappa shape index (κ3) is 3.41. The van der Waals surface area contributed by atoms with Gasteiger partial charge in [0.2, 0.25) is 5.91 Å². The van der Waals surface area contributed by atoms with E-state index in [0.29, 0.717) is 12.0 Å². The molecule has 1 unspecified atom stereocenters. The standard InChI is InChI=1S/C24H22N2O2/c1-2-17-12-14-20(15-13-17)25-23(27)22-16-19-10-6-7-11-21(19)26(22)24(28)18-8-4-3-5-9-18/h3-15,22H,2,16H2,1H3,(H,25,27). The molecule has 4 nitrogen and oxygen atoms in total. The Morgan fingerprint density at radius 2 is 1.61 bits per heavy atom. The smallest absolute Gasteiger partial charge is 0.259 e. The molecule has 3 aromatic carbocycles. The minimum Gasteiger partial charge on any atom is -0.324 e. The SMILES string of the molecule is CCc1ccc(NC(=O)C2Cc3ccccc3N2C(=O)c2ccccc2)cc1. The van der Waals surface area contributed by atoms with Gasteiger partial charge >= 0.3 is 0 Å². The molecular weight excluding hydrogens is 348 g/mol. The number of para-hydroxylation sites is 1. The Labute approximate surface area is 164 Å². The van der Waals surface area contributed by atoms with Crippen LogP contribution in [0.5, 0.6) is 0 Å². The Bertz CT molecular complexity index is 997. The Hall–Kier alpha value is -3.40. The molecular formula is C24H22N2O2. The average molecular weight is 370 g/mol. The van der Waals surface area contributed by atoms with Crippen LogP contribution in [0.15, 0.2) is 78.9 Å². The fraction of sp³-hybridized carbons (Fsp3) is 0.167. The molecule has 3 aromatic rings. The summed E-state index contributed by atoms with van der Waals surface area (Å²) in [5.74, 6) is -0.336. The van der Waals surface area contributed by atoms with Crippen molar-refractivity contribution < 1.29 is 9.59 Å². The van der Waals surface area contributed by atoms with E-state index in [9.17, 15) is 9.59 Å². The highest BCUT2D eigenvalue weighted by Crippen LogP contribution is 2.34. The summed E-state index contributed by atoms with van der Waals surface area (Å²) in [5.41, 5.74) is 4.34. The summed E-state index contributed by atoms with van der Waals surface area (Å²) in [4.78, 5) is 27.9. The number of aryl methyl sites for hydroxylation is 1. The van der Waals surface area contributed by atoms with E-state index in [0.717, 1.165) is 23.4 Å². The van der Waals surface area contributed by atoms with Crippen molar-refractivity contribution in [3.63, 3.8) is 0 Å². The Kier molecular flexibility index (Phi) is 4.94. The number of benzene rings is 3. The second kappa shape index (κ2) is 7.69. The summed E-state index contributed by atoms with van der Waals surface area (Å²) in [6.45, 7) is 2.09. The molecule has 0 spiro atoms. The van der Waals surface area contributed by atoms with Gasteiger partial charge in [0.05, 0.1) is 0 Å². The van der Waals surface area contributed by atoms with Gasteiger partial charge < -0.3 is 5.32 Å². The first-order valence-electron chi connectivity index (χ1n) is 9.53. The number of hydrogen-bond donors (Lipinski definition) is 1. The van der Waals surface area contributed by atoms with Crippen molar-refractivity contribution in [3.05, 3.63) is 95.6 Å². The highest BCUT2D eigenvalue weighted by atomic mass is 16.2. The van der Waals surface area contributed by atoms with E-state index in [1.165, 1.54) is 5.56 Å². The topological polar surface area (TPSA) is 49.4 Å². The molecule has 2 amide bonds. The van der Waals surface area contributed by atoms with Gasteiger partial charge in [-0.2, -0.15) is 0 Å². The molecule has 1 aliphatic heterocycles. The second-order valence-corrected chi connectivity index (χ2v) is 6.93. The first-order chi connectivity index (χ1) is 13.7. The van der Waals surface area contributed by atoms with Crippen LogP contribution >= 0.6 is 0 Å². The lowest BCUT2D eigenvalue weighted by Crippen LogP contribution is -2.45. The van der Waals surface area contributed by atoms with E-state index in [-0.39, 0.29) is 11.8 Å². The third-order valence-electron chi connectivity index (χ3n) is 5.15. The van der Waals surface area contributed by atoms with Crippen LogP contribution < -0.4 is 10.2 Å². The summed E-state index contributed by atoms with van der Waals surface area (Å²) in [5, 5.41) is 2.97. The van der Waals surface area contributed by atoms with Crippen LogP contribution in [0.2, 0.25) is 0 Å². The fourth-order valence-corrected chi connectivity index (χ4v) is 3.62. The molecule has 28 heavy (non-hydrogen) atoms. The number of nitrogens with one attached hydrogen (secondary N) is 1. The lowest BCUT2D eigenvalue weighted by molar-refractivity contribution is -0.117. The summed E-state index contributed by atoms with van der Waals surface area (Å²) < 4.78 is 0. The normalized spacial score (nSPS) is 15.2. The van der Waals surface area contributed by atoms with Gasteiger partial charge in [-0.25, -0.2) is 0 Å². The minimum absolute atomic E-state index is 0.160. The number of rotatable bonds is 4. The maximum atomic E-state index is 13.2. The third-order valence-corrected chi connectivity index (χ3v) is 5.15. The van der Waals surface area contributed by atoms with Crippen LogP contribution in [0.25, 0.3) is 0 Å². The quantitative estimate of drug-likeness (QED) is 0.737. The first-order valence-corrected chi connectivity index (χ1v) is 9.53. The number of amides is 2. The maximum absolute atomic E-state index is 13.2. The molecule has 1 atom stereocenters. The molecule has 1 heterocycles. The molecule has 0 aliphatic carbocycles. The number of carbonyl (C=O) groups is 2. The molecule has 1 aliphatic rings. The van der Waals surface area contributed by atoms with E-state index in [2.05, 4.69) is 12.2 Å². The van der Waals surface area contributed by atoms with E-state index in [1.807, 2.05) is 66.7 Å². The lowest BCUT2D eigenvalue weighted by Gasteiger charge is -2.25. The number of fused-ring (bicyclic) bond motifs is 1. The van der Waals surface area contributed by atoms with Crippen molar-refractivity contribution in [2.24, 2.45) is 0 Å². The second-order valence-electron chi connectivity index (χ2n) is 6.93. The molecule has 0 radical (unpaired) electrons. The van der Waals surface area contributed by atoms with Crippen molar-refractivity contribution in [1.29, 1.82) is 0 Å².